The minimum absolute atomic E-state index is 0. The molecule has 184 valence electrons. The summed E-state index contributed by atoms with van der Waals surface area (Å²) in [7, 11) is 0. The van der Waals surface area contributed by atoms with Crippen LogP contribution in [-0.4, -0.2) is 40.5 Å². The fourth-order valence-electron chi connectivity index (χ4n) is 4.49. The molecule has 0 atom stereocenters. The van der Waals surface area contributed by atoms with Crippen LogP contribution in [-0.2, 0) is 6.18 Å². The van der Waals surface area contributed by atoms with E-state index in [1.54, 1.807) is 0 Å². The average Bonchev–Trinajstić information content (AvgIpc) is 3.46. The van der Waals surface area contributed by atoms with Crippen LogP contribution in [0.25, 0.3) is 27.8 Å². The molecule has 0 bridgehead atoms. The predicted molar refractivity (Wildman–Crippen MR) is 137 cm³/mol. The van der Waals surface area contributed by atoms with Gasteiger partial charge in [-0.15, -0.1) is 24.8 Å². The van der Waals surface area contributed by atoms with Crippen LogP contribution in [0.3, 0.4) is 0 Å². The lowest BCUT2D eigenvalue weighted by Crippen LogP contribution is -2.26. The minimum Gasteiger partial charge on any atom is -0.370 e. The Bertz CT molecular complexity index is 1350. The van der Waals surface area contributed by atoms with E-state index in [4.69, 9.17) is 0 Å². The molecule has 5 nitrogen and oxygen atoms in total. The number of alkyl halides is 3. The molecular weight excluding hydrogens is 498 g/mol. The highest BCUT2D eigenvalue weighted by Gasteiger charge is 2.30. The van der Waals surface area contributed by atoms with Crippen LogP contribution in [0.15, 0.2) is 54.6 Å². The summed E-state index contributed by atoms with van der Waals surface area (Å²) in [6.07, 6.45) is -1.99. The highest BCUT2D eigenvalue weighted by atomic mass is 35.5. The summed E-state index contributed by atoms with van der Waals surface area (Å²) >= 11 is 0. The number of hydrogen-bond donors (Lipinski definition) is 1. The van der Waals surface area contributed by atoms with Crippen LogP contribution >= 0.6 is 24.8 Å². The number of nitriles is 1. The summed E-state index contributed by atoms with van der Waals surface area (Å²) in [5.41, 5.74) is 2.80. The smallest absolute Gasteiger partial charge is 0.370 e. The number of nitrogens with zero attached hydrogens (tertiary/aromatic N) is 4. The number of para-hydroxylation sites is 2. The van der Waals surface area contributed by atoms with Gasteiger partial charge in [0.05, 0.1) is 16.6 Å². The third-order valence-corrected chi connectivity index (χ3v) is 6.14. The second kappa shape index (κ2) is 10.7. The molecule has 35 heavy (non-hydrogen) atoms. The molecule has 1 aliphatic rings. The van der Waals surface area contributed by atoms with Gasteiger partial charge in [0.15, 0.2) is 5.65 Å². The van der Waals surface area contributed by atoms with E-state index < -0.39 is 11.7 Å². The largest absolute Gasteiger partial charge is 0.416 e. The normalized spacial score (nSPS) is 13.9. The molecule has 1 saturated heterocycles. The molecule has 1 aliphatic heterocycles. The van der Waals surface area contributed by atoms with Gasteiger partial charge in [0, 0.05) is 18.7 Å². The maximum atomic E-state index is 13.0. The van der Waals surface area contributed by atoms with E-state index in [9.17, 15) is 18.4 Å². The zero-order valence-corrected chi connectivity index (χ0v) is 20.3. The fourth-order valence-corrected chi connectivity index (χ4v) is 4.49. The summed E-state index contributed by atoms with van der Waals surface area (Å²) in [6, 6.07) is 16.6. The van der Waals surface area contributed by atoms with Crippen LogP contribution < -0.4 is 5.32 Å². The number of halogens is 5. The summed E-state index contributed by atoms with van der Waals surface area (Å²) in [5, 5.41) is 13.5. The molecule has 4 aromatic rings. The van der Waals surface area contributed by atoms with E-state index in [-0.39, 0.29) is 24.8 Å². The summed E-state index contributed by atoms with van der Waals surface area (Å²) in [5.74, 6) is 0.756. The lowest BCUT2D eigenvalue weighted by Gasteiger charge is -2.18. The Labute approximate surface area is 213 Å². The van der Waals surface area contributed by atoms with Gasteiger partial charge in [-0.2, -0.15) is 18.4 Å². The minimum atomic E-state index is -4.41. The average molecular weight is 522 g/mol. The summed E-state index contributed by atoms with van der Waals surface area (Å²) in [6.45, 7) is 3.79. The van der Waals surface area contributed by atoms with Crippen molar-refractivity contribution in [2.45, 2.75) is 19.0 Å². The maximum Gasteiger partial charge on any atom is 0.416 e. The topological polar surface area (TPSA) is 56.4 Å². The number of likely N-dealkylation sites (tertiary alicyclic amines) is 1. The highest BCUT2D eigenvalue weighted by Crippen LogP contribution is 2.35. The van der Waals surface area contributed by atoms with Crippen molar-refractivity contribution in [1.82, 2.24) is 14.3 Å². The number of aromatic nitrogens is 2. The fraction of sp³-hybridized carbons (Fsp3) is 0.280. The van der Waals surface area contributed by atoms with Crippen LogP contribution in [0.2, 0.25) is 0 Å². The zero-order valence-electron chi connectivity index (χ0n) is 18.7. The van der Waals surface area contributed by atoms with E-state index in [0.29, 0.717) is 28.9 Å². The standard InChI is InChI=1S/C25H22F3N5.2ClH/c26-25(27,28)18-9-7-17(8-10-18)19-15-23(30-11-14-32-12-3-4-13-32)33-22-6-2-1-5-21(22)31-24(33)20(19)16-29;;/h1-2,5-10,15,30H,3-4,11-14H2;2*1H. The van der Waals surface area contributed by atoms with Gasteiger partial charge in [0.1, 0.15) is 17.5 Å². The van der Waals surface area contributed by atoms with Crippen LogP contribution in [0, 0.1) is 11.3 Å². The Hall–Kier alpha value is -2.99. The first kappa shape index (κ1) is 26.6. The van der Waals surface area contributed by atoms with Gasteiger partial charge in [-0.3, -0.25) is 4.40 Å². The summed E-state index contributed by atoms with van der Waals surface area (Å²) < 4.78 is 41.1. The molecule has 0 unspecified atom stereocenters. The van der Waals surface area contributed by atoms with E-state index in [0.717, 1.165) is 48.6 Å². The van der Waals surface area contributed by atoms with Crippen molar-refractivity contribution in [3.63, 3.8) is 0 Å². The SMILES string of the molecule is Cl.Cl.N#Cc1c(-c2ccc(C(F)(F)F)cc2)cc(NCCN2CCCC2)n2c1nc1ccccc12. The Kier molecular flexibility index (Phi) is 8.16. The molecule has 1 N–H and O–H groups in total. The van der Waals surface area contributed by atoms with Crippen molar-refractivity contribution in [3.8, 4) is 17.2 Å². The van der Waals surface area contributed by atoms with Crippen molar-refractivity contribution in [3.05, 3.63) is 65.7 Å². The molecule has 0 amide bonds. The van der Waals surface area contributed by atoms with Crippen LogP contribution in [0.4, 0.5) is 19.0 Å². The van der Waals surface area contributed by atoms with Gasteiger partial charge >= 0.3 is 6.18 Å². The highest BCUT2D eigenvalue weighted by molar-refractivity contribution is 5.89. The van der Waals surface area contributed by atoms with E-state index >= 15 is 0 Å². The number of anilines is 1. The first-order chi connectivity index (χ1) is 16.0. The second-order valence-electron chi connectivity index (χ2n) is 8.24. The van der Waals surface area contributed by atoms with Gasteiger partial charge in [0.25, 0.3) is 0 Å². The third kappa shape index (κ3) is 5.18. The van der Waals surface area contributed by atoms with E-state index in [1.807, 2.05) is 34.7 Å². The van der Waals surface area contributed by atoms with E-state index in [1.165, 1.54) is 25.0 Å². The van der Waals surface area contributed by atoms with Crippen molar-refractivity contribution in [2.75, 3.05) is 31.5 Å². The second-order valence-corrected chi connectivity index (χ2v) is 8.24. The van der Waals surface area contributed by atoms with Crippen molar-refractivity contribution in [2.24, 2.45) is 0 Å². The Morgan fingerprint density at radius 3 is 2.34 bits per heavy atom. The Morgan fingerprint density at radius 1 is 1.00 bits per heavy atom. The molecule has 2 aromatic carbocycles. The van der Waals surface area contributed by atoms with Gasteiger partial charge in [-0.1, -0.05) is 24.3 Å². The van der Waals surface area contributed by atoms with Gasteiger partial charge in [-0.05, 0) is 61.8 Å². The number of hydrogen-bond acceptors (Lipinski definition) is 4. The zero-order chi connectivity index (χ0) is 23.0. The molecule has 1 fully saturated rings. The van der Waals surface area contributed by atoms with Gasteiger partial charge in [-0.25, -0.2) is 4.98 Å². The molecular formula is C25H24Cl2F3N5. The lowest BCUT2D eigenvalue weighted by atomic mass is 10.00. The lowest BCUT2D eigenvalue weighted by molar-refractivity contribution is -0.137. The molecule has 10 heteroatoms. The van der Waals surface area contributed by atoms with Crippen LogP contribution in [0.5, 0.6) is 0 Å². The molecule has 3 heterocycles. The van der Waals surface area contributed by atoms with Crippen molar-refractivity contribution < 1.29 is 13.2 Å². The third-order valence-electron chi connectivity index (χ3n) is 6.14. The number of fused-ring (bicyclic) bond motifs is 3. The number of rotatable bonds is 5. The molecule has 0 spiro atoms. The molecule has 2 aromatic heterocycles. The number of benzene rings is 2. The van der Waals surface area contributed by atoms with Gasteiger partial charge in [0.2, 0.25) is 0 Å². The molecule has 0 aliphatic carbocycles. The Morgan fingerprint density at radius 2 is 1.69 bits per heavy atom. The first-order valence-electron chi connectivity index (χ1n) is 10.9. The summed E-state index contributed by atoms with van der Waals surface area (Å²) in [4.78, 5) is 7.08. The van der Waals surface area contributed by atoms with E-state index in [2.05, 4.69) is 21.3 Å². The maximum absolute atomic E-state index is 13.0. The predicted octanol–water partition coefficient (Wildman–Crippen LogP) is 6.40. The van der Waals surface area contributed by atoms with Crippen LogP contribution in [0.1, 0.15) is 24.0 Å². The quantitative estimate of drug-likeness (QED) is 0.330. The monoisotopic (exact) mass is 521 g/mol. The van der Waals surface area contributed by atoms with Crippen molar-refractivity contribution >= 4 is 47.3 Å². The number of pyridine rings is 1. The molecule has 0 saturated carbocycles. The van der Waals surface area contributed by atoms with Gasteiger partial charge < -0.3 is 10.2 Å². The van der Waals surface area contributed by atoms with Crippen molar-refractivity contribution in [1.29, 1.82) is 5.26 Å². The Balaban J connectivity index is 0.00000171. The molecule has 0 radical (unpaired) electrons. The number of nitrogens with one attached hydrogen (secondary N) is 1. The molecule has 5 rings (SSSR count). The number of imidazole rings is 1. The first-order valence-corrected chi connectivity index (χ1v) is 10.9.